The molecule has 0 fully saturated rings. The highest BCUT2D eigenvalue weighted by Crippen LogP contribution is 2.35. The summed E-state index contributed by atoms with van der Waals surface area (Å²) in [6.45, 7) is 4.02. The van der Waals surface area contributed by atoms with Gasteiger partial charge in [-0.2, -0.15) is 0 Å². The number of nitrogens with zero attached hydrogens (tertiary/aromatic N) is 1. The lowest BCUT2D eigenvalue weighted by atomic mass is 10.0. The Kier molecular flexibility index (Phi) is 8.28. The molecular formula is C29H32N2O6. The van der Waals surface area contributed by atoms with E-state index in [1.165, 1.54) is 4.57 Å². The van der Waals surface area contributed by atoms with Gasteiger partial charge in [-0.05, 0) is 48.2 Å². The molecule has 1 aliphatic heterocycles. The van der Waals surface area contributed by atoms with Crippen LogP contribution in [0.25, 0.3) is 0 Å². The Morgan fingerprint density at radius 1 is 1.08 bits per heavy atom. The van der Waals surface area contributed by atoms with E-state index in [0.717, 1.165) is 24.0 Å². The summed E-state index contributed by atoms with van der Waals surface area (Å²) >= 11 is 0. The number of carboxylic acid groups (broad SMARTS) is 1. The van der Waals surface area contributed by atoms with Gasteiger partial charge in [0.1, 0.15) is 6.04 Å². The second kappa shape index (κ2) is 11.8. The first-order chi connectivity index (χ1) is 17.9. The fourth-order valence-electron chi connectivity index (χ4n) is 4.61. The van der Waals surface area contributed by atoms with Gasteiger partial charge < -0.3 is 24.5 Å². The van der Waals surface area contributed by atoms with Crippen molar-refractivity contribution < 1.29 is 24.2 Å². The molecular weight excluding hydrogens is 472 g/mol. The van der Waals surface area contributed by atoms with Gasteiger partial charge in [-0.15, -0.1) is 0 Å². The van der Waals surface area contributed by atoms with Crippen LogP contribution in [0.2, 0.25) is 0 Å². The molecule has 0 unspecified atom stereocenters. The van der Waals surface area contributed by atoms with Gasteiger partial charge in [0.25, 0.3) is 5.56 Å². The number of hydrogen-bond acceptors (Lipinski definition) is 5. The van der Waals surface area contributed by atoms with Crippen molar-refractivity contribution in [2.75, 3.05) is 6.79 Å². The van der Waals surface area contributed by atoms with Gasteiger partial charge in [0.05, 0.1) is 12.5 Å². The second-order valence-corrected chi connectivity index (χ2v) is 9.35. The quantitative estimate of drug-likeness (QED) is 0.397. The summed E-state index contributed by atoms with van der Waals surface area (Å²) in [7, 11) is 0. The molecule has 0 aliphatic carbocycles. The Bertz CT molecular complexity index is 1320. The minimum atomic E-state index is -1.05. The maximum absolute atomic E-state index is 13.7. The number of benzene rings is 2. The SMILES string of the molecule is CCCC[C@H](C(=O)N[C@@H](CC(=O)O)c1ccc2c(c1)OCO2)n1cc(C)cc(Cc2ccccc2)c1=O. The van der Waals surface area contributed by atoms with E-state index in [2.05, 4.69) is 5.32 Å². The number of amides is 1. The first-order valence-corrected chi connectivity index (χ1v) is 12.5. The maximum atomic E-state index is 13.7. The molecule has 8 heteroatoms. The van der Waals surface area contributed by atoms with E-state index >= 15 is 0 Å². The van der Waals surface area contributed by atoms with Crippen molar-refractivity contribution >= 4 is 11.9 Å². The molecule has 0 spiro atoms. The van der Waals surface area contributed by atoms with E-state index in [4.69, 9.17) is 9.47 Å². The van der Waals surface area contributed by atoms with E-state index < -0.39 is 24.0 Å². The largest absolute Gasteiger partial charge is 0.481 e. The Labute approximate surface area is 215 Å². The summed E-state index contributed by atoms with van der Waals surface area (Å²) in [5.74, 6) is -0.367. The standard InChI is InChI=1S/C29H32N2O6/c1-3-4-10-24(31-17-19(2)13-22(29(31)35)14-20-8-6-5-7-9-20)28(34)30-23(16-27(32)33)21-11-12-25-26(15-21)37-18-36-25/h5-9,11-13,15,17,23-24H,3-4,10,14,16,18H2,1-2H3,(H,30,34)(H,32,33)/t23-,24+/m0/s1. The number of aryl methyl sites for hydroxylation is 1. The Balaban J connectivity index is 1.65. The molecule has 0 bridgehead atoms. The van der Waals surface area contributed by atoms with Crippen molar-refractivity contribution in [1.29, 1.82) is 0 Å². The molecule has 8 nitrogen and oxygen atoms in total. The van der Waals surface area contributed by atoms with Gasteiger partial charge in [-0.25, -0.2) is 0 Å². The number of aliphatic carboxylic acids is 1. The minimum absolute atomic E-state index is 0.0927. The van der Waals surface area contributed by atoms with Crippen LogP contribution in [-0.4, -0.2) is 28.3 Å². The molecule has 1 aromatic heterocycles. The summed E-state index contributed by atoms with van der Waals surface area (Å²) < 4.78 is 12.3. The Morgan fingerprint density at radius 3 is 2.57 bits per heavy atom. The molecule has 2 aromatic carbocycles. The number of ether oxygens (including phenoxy) is 2. The van der Waals surface area contributed by atoms with Crippen LogP contribution in [0.1, 0.15) is 66.9 Å². The highest BCUT2D eigenvalue weighted by atomic mass is 16.7. The third-order valence-corrected chi connectivity index (χ3v) is 6.46. The van der Waals surface area contributed by atoms with Crippen molar-refractivity contribution in [1.82, 2.24) is 9.88 Å². The van der Waals surface area contributed by atoms with Crippen LogP contribution in [0.4, 0.5) is 0 Å². The van der Waals surface area contributed by atoms with Crippen LogP contribution >= 0.6 is 0 Å². The van der Waals surface area contributed by atoms with Gasteiger partial charge in [-0.3, -0.25) is 14.4 Å². The maximum Gasteiger partial charge on any atom is 0.305 e. The molecule has 4 rings (SSSR count). The highest BCUT2D eigenvalue weighted by Gasteiger charge is 2.27. The molecule has 37 heavy (non-hydrogen) atoms. The zero-order valence-corrected chi connectivity index (χ0v) is 21.1. The van der Waals surface area contributed by atoms with E-state index in [0.29, 0.717) is 35.5 Å². The second-order valence-electron chi connectivity index (χ2n) is 9.35. The first-order valence-electron chi connectivity index (χ1n) is 12.5. The van der Waals surface area contributed by atoms with Crippen LogP contribution in [0.15, 0.2) is 65.6 Å². The molecule has 0 radical (unpaired) electrons. The number of carbonyl (C=O) groups excluding carboxylic acids is 1. The molecule has 2 N–H and O–H groups in total. The number of pyridine rings is 1. The van der Waals surface area contributed by atoms with E-state index in [1.807, 2.05) is 50.2 Å². The minimum Gasteiger partial charge on any atom is -0.481 e. The smallest absolute Gasteiger partial charge is 0.305 e. The number of unbranched alkanes of at least 4 members (excludes halogenated alkanes) is 1. The summed E-state index contributed by atoms with van der Waals surface area (Å²) in [4.78, 5) is 38.9. The first kappa shape index (κ1) is 26.0. The topological polar surface area (TPSA) is 107 Å². The lowest BCUT2D eigenvalue weighted by Gasteiger charge is -2.24. The van der Waals surface area contributed by atoms with Crippen LogP contribution in [0.5, 0.6) is 11.5 Å². The molecule has 2 atom stereocenters. The molecule has 3 aromatic rings. The van der Waals surface area contributed by atoms with Crippen molar-refractivity contribution in [2.24, 2.45) is 0 Å². The number of carbonyl (C=O) groups is 2. The fraction of sp³-hybridized carbons (Fsp3) is 0.345. The number of hydrogen-bond donors (Lipinski definition) is 2. The van der Waals surface area contributed by atoms with Gasteiger partial charge in [0, 0.05) is 18.2 Å². The predicted octanol–water partition coefficient (Wildman–Crippen LogP) is 4.54. The van der Waals surface area contributed by atoms with E-state index in [-0.39, 0.29) is 18.8 Å². The lowest BCUT2D eigenvalue weighted by molar-refractivity contribution is -0.138. The highest BCUT2D eigenvalue weighted by molar-refractivity contribution is 5.81. The average molecular weight is 505 g/mol. The summed E-state index contributed by atoms with van der Waals surface area (Å²) in [6.07, 6.45) is 3.90. The summed E-state index contributed by atoms with van der Waals surface area (Å²) in [5.41, 5.74) is 2.87. The van der Waals surface area contributed by atoms with Gasteiger partial charge in [0.15, 0.2) is 11.5 Å². The van der Waals surface area contributed by atoms with Crippen molar-refractivity contribution in [3.05, 3.63) is 93.4 Å². The molecule has 0 saturated heterocycles. The Morgan fingerprint density at radius 2 is 1.84 bits per heavy atom. The molecule has 0 saturated carbocycles. The molecule has 2 heterocycles. The van der Waals surface area contributed by atoms with Crippen LogP contribution < -0.4 is 20.3 Å². The van der Waals surface area contributed by atoms with Crippen LogP contribution in [0.3, 0.4) is 0 Å². The predicted molar refractivity (Wildman–Crippen MR) is 139 cm³/mol. The molecule has 1 aliphatic rings. The zero-order chi connectivity index (χ0) is 26.4. The van der Waals surface area contributed by atoms with Crippen LogP contribution in [0, 0.1) is 6.92 Å². The number of nitrogens with one attached hydrogen (secondary N) is 1. The van der Waals surface area contributed by atoms with Crippen molar-refractivity contribution in [3.63, 3.8) is 0 Å². The lowest BCUT2D eigenvalue weighted by Crippen LogP contribution is -2.40. The van der Waals surface area contributed by atoms with E-state index in [1.54, 1.807) is 24.4 Å². The average Bonchev–Trinajstić information content (AvgIpc) is 3.35. The third kappa shape index (κ3) is 6.39. The van der Waals surface area contributed by atoms with Crippen molar-refractivity contribution in [2.45, 2.75) is 58.0 Å². The molecule has 1 amide bonds. The number of aromatic nitrogens is 1. The normalized spacial score (nSPS) is 13.7. The fourth-order valence-corrected chi connectivity index (χ4v) is 4.61. The monoisotopic (exact) mass is 504 g/mol. The number of fused-ring (bicyclic) bond motifs is 1. The zero-order valence-electron chi connectivity index (χ0n) is 21.1. The summed E-state index contributed by atoms with van der Waals surface area (Å²) in [6, 6.07) is 15.1. The number of carboxylic acids is 1. The Hall–Kier alpha value is -4.07. The van der Waals surface area contributed by atoms with Gasteiger partial charge in [0.2, 0.25) is 12.7 Å². The third-order valence-electron chi connectivity index (χ3n) is 6.46. The van der Waals surface area contributed by atoms with Crippen LogP contribution in [-0.2, 0) is 16.0 Å². The van der Waals surface area contributed by atoms with Gasteiger partial charge in [-0.1, -0.05) is 56.2 Å². The summed E-state index contributed by atoms with van der Waals surface area (Å²) in [5, 5.41) is 12.4. The van der Waals surface area contributed by atoms with Gasteiger partial charge >= 0.3 is 5.97 Å². The van der Waals surface area contributed by atoms with Crippen molar-refractivity contribution in [3.8, 4) is 11.5 Å². The molecule has 194 valence electrons. The van der Waals surface area contributed by atoms with E-state index in [9.17, 15) is 19.5 Å². The number of rotatable bonds is 11.